The van der Waals surface area contributed by atoms with Crippen LogP contribution in [0.2, 0.25) is 5.02 Å². The lowest BCUT2D eigenvalue weighted by Crippen LogP contribution is -2.39. The predicted octanol–water partition coefficient (Wildman–Crippen LogP) is 2.29. The van der Waals surface area contributed by atoms with E-state index in [-0.39, 0.29) is 12.0 Å². The Morgan fingerprint density at radius 3 is 2.80 bits per heavy atom. The highest BCUT2D eigenvalue weighted by atomic mass is 35.5. The molecule has 0 heterocycles. The van der Waals surface area contributed by atoms with Gasteiger partial charge in [0.15, 0.2) is 0 Å². The van der Waals surface area contributed by atoms with Crippen LogP contribution in [0.1, 0.15) is 18.4 Å². The highest BCUT2D eigenvalue weighted by Gasteiger charge is 2.28. The molecule has 0 spiro atoms. The molecule has 1 fully saturated rings. The van der Waals surface area contributed by atoms with Crippen LogP contribution < -0.4 is 5.32 Å². The Hall–Kier alpha value is -1.10. The molecule has 0 unspecified atom stereocenters. The Balaban J connectivity index is 1.78. The Morgan fingerprint density at radius 1 is 1.50 bits per heavy atom. The van der Waals surface area contributed by atoms with Crippen molar-refractivity contribution in [1.82, 2.24) is 4.90 Å². The number of likely N-dealkylation sites (N-methyl/N-ethyl adjacent to an activating group) is 1. The molecule has 1 aliphatic carbocycles. The van der Waals surface area contributed by atoms with Gasteiger partial charge in [0.05, 0.1) is 12.6 Å². The zero-order valence-corrected chi connectivity index (χ0v) is 12.7. The Bertz CT molecular complexity index is 487. The average Bonchev–Trinajstić information content (AvgIpc) is 2.31. The third-order valence-electron chi connectivity index (χ3n) is 3.65. The lowest BCUT2D eigenvalue weighted by Gasteiger charge is -2.34. The fourth-order valence-corrected chi connectivity index (χ4v) is 2.65. The van der Waals surface area contributed by atoms with Crippen molar-refractivity contribution >= 4 is 23.2 Å². The van der Waals surface area contributed by atoms with Crippen LogP contribution in [0, 0.1) is 12.8 Å². The molecule has 0 aromatic heterocycles. The molecular formula is C15H21ClN2O2. The lowest BCUT2D eigenvalue weighted by atomic mass is 9.82. The van der Waals surface area contributed by atoms with Gasteiger partial charge in [0.2, 0.25) is 5.91 Å². The first-order valence-corrected chi connectivity index (χ1v) is 7.24. The largest absolute Gasteiger partial charge is 0.393 e. The van der Waals surface area contributed by atoms with Crippen molar-refractivity contribution < 1.29 is 9.90 Å². The predicted molar refractivity (Wildman–Crippen MR) is 81.0 cm³/mol. The smallest absolute Gasteiger partial charge is 0.238 e. The average molecular weight is 297 g/mol. The number of amides is 1. The van der Waals surface area contributed by atoms with Crippen molar-refractivity contribution in [3.8, 4) is 0 Å². The van der Waals surface area contributed by atoms with Crippen molar-refractivity contribution in [2.75, 3.05) is 25.5 Å². The summed E-state index contributed by atoms with van der Waals surface area (Å²) in [6, 6.07) is 5.50. The molecule has 0 bridgehead atoms. The van der Waals surface area contributed by atoms with Crippen LogP contribution >= 0.6 is 11.6 Å². The fraction of sp³-hybridized carbons (Fsp3) is 0.533. The molecule has 20 heavy (non-hydrogen) atoms. The summed E-state index contributed by atoms with van der Waals surface area (Å²) in [6.45, 7) is 3.12. The van der Waals surface area contributed by atoms with Gasteiger partial charge < -0.3 is 10.4 Å². The summed E-state index contributed by atoms with van der Waals surface area (Å²) in [5.41, 5.74) is 1.71. The van der Waals surface area contributed by atoms with E-state index in [9.17, 15) is 9.90 Å². The highest BCUT2D eigenvalue weighted by Crippen LogP contribution is 2.27. The van der Waals surface area contributed by atoms with Gasteiger partial charge in [-0.15, -0.1) is 0 Å². The normalized spacial score (nSPS) is 21.6. The van der Waals surface area contributed by atoms with Crippen molar-refractivity contribution in [2.45, 2.75) is 25.9 Å². The van der Waals surface area contributed by atoms with E-state index in [1.807, 2.05) is 31.0 Å². The first-order chi connectivity index (χ1) is 9.44. The van der Waals surface area contributed by atoms with Gasteiger partial charge in [-0.2, -0.15) is 0 Å². The number of aliphatic hydroxyl groups excluding tert-OH is 1. The molecule has 1 aliphatic rings. The number of carbonyl (C=O) groups is 1. The number of aryl methyl sites for hydroxylation is 1. The van der Waals surface area contributed by atoms with Crippen LogP contribution in [0.15, 0.2) is 18.2 Å². The van der Waals surface area contributed by atoms with Gasteiger partial charge in [-0.25, -0.2) is 0 Å². The standard InChI is InChI=1S/C15H21ClN2O2/c1-10-3-4-12(7-14(10)16)17-15(20)9-18(2)8-11-5-13(19)6-11/h3-4,7,11,13,19H,5-6,8-9H2,1-2H3,(H,17,20). The summed E-state index contributed by atoms with van der Waals surface area (Å²) >= 11 is 6.03. The molecule has 0 atom stereocenters. The second-order valence-electron chi connectivity index (χ2n) is 5.70. The molecule has 110 valence electrons. The van der Waals surface area contributed by atoms with E-state index in [0.717, 1.165) is 30.6 Å². The van der Waals surface area contributed by atoms with Crippen LogP contribution in [-0.2, 0) is 4.79 Å². The molecule has 5 heteroatoms. The fourth-order valence-electron chi connectivity index (χ4n) is 2.47. The first kappa shape index (κ1) is 15.3. The van der Waals surface area contributed by atoms with E-state index in [1.165, 1.54) is 0 Å². The Labute approximate surface area is 124 Å². The number of nitrogens with one attached hydrogen (secondary N) is 1. The van der Waals surface area contributed by atoms with Crippen LogP contribution in [0.4, 0.5) is 5.69 Å². The van der Waals surface area contributed by atoms with Gasteiger partial charge in [-0.1, -0.05) is 17.7 Å². The van der Waals surface area contributed by atoms with Gasteiger partial charge in [0.1, 0.15) is 0 Å². The van der Waals surface area contributed by atoms with Crippen LogP contribution in [0.25, 0.3) is 0 Å². The highest BCUT2D eigenvalue weighted by molar-refractivity contribution is 6.31. The van der Waals surface area contributed by atoms with Crippen molar-refractivity contribution in [1.29, 1.82) is 0 Å². The minimum atomic E-state index is -0.142. The Morgan fingerprint density at radius 2 is 2.20 bits per heavy atom. The molecule has 1 aromatic rings. The van der Waals surface area contributed by atoms with E-state index in [2.05, 4.69) is 5.32 Å². The maximum Gasteiger partial charge on any atom is 0.238 e. The van der Waals surface area contributed by atoms with E-state index in [0.29, 0.717) is 17.5 Å². The summed E-state index contributed by atoms with van der Waals surface area (Å²) in [5.74, 6) is 0.462. The van der Waals surface area contributed by atoms with Gasteiger partial charge in [0.25, 0.3) is 0 Å². The maximum absolute atomic E-state index is 11.9. The molecule has 1 saturated carbocycles. The molecule has 1 aromatic carbocycles. The number of hydrogen-bond acceptors (Lipinski definition) is 3. The third kappa shape index (κ3) is 4.20. The second kappa shape index (κ2) is 6.57. The summed E-state index contributed by atoms with van der Waals surface area (Å²) in [7, 11) is 1.92. The monoisotopic (exact) mass is 296 g/mol. The van der Waals surface area contributed by atoms with E-state index >= 15 is 0 Å². The molecule has 2 N–H and O–H groups in total. The lowest BCUT2D eigenvalue weighted by molar-refractivity contribution is -0.117. The number of hydrogen-bond donors (Lipinski definition) is 2. The van der Waals surface area contributed by atoms with Crippen LogP contribution in [-0.4, -0.2) is 42.2 Å². The molecule has 4 nitrogen and oxygen atoms in total. The second-order valence-corrected chi connectivity index (χ2v) is 6.11. The van der Waals surface area contributed by atoms with Gasteiger partial charge >= 0.3 is 0 Å². The van der Waals surface area contributed by atoms with Crippen LogP contribution in [0.3, 0.4) is 0 Å². The zero-order valence-electron chi connectivity index (χ0n) is 11.9. The van der Waals surface area contributed by atoms with Gasteiger partial charge in [-0.3, -0.25) is 9.69 Å². The van der Waals surface area contributed by atoms with E-state index in [4.69, 9.17) is 11.6 Å². The summed E-state index contributed by atoms with van der Waals surface area (Å²) in [5, 5.41) is 12.7. The molecule has 0 saturated heterocycles. The molecular weight excluding hydrogens is 276 g/mol. The number of rotatable bonds is 5. The summed E-state index contributed by atoms with van der Waals surface area (Å²) < 4.78 is 0. The first-order valence-electron chi connectivity index (χ1n) is 6.86. The Kier molecular flexibility index (Phi) is 5.02. The van der Waals surface area contributed by atoms with Crippen molar-refractivity contribution in [2.24, 2.45) is 5.92 Å². The number of benzene rings is 1. The summed E-state index contributed by atoms with van der Waals surface area (Å²) in [4.78, 5) is 13.9. The minimum absolute atomic E-state index is 0.0488. The maximum atomic E-state index is 11.9. The topological polar surface area (TPSA) is 52.6 Å². The third-order valence-corrected chi connectivity index (χ3v) is 4.06. The number of halogens is 1. The number of nitrogens with zero attached hydrogens (tertiary/aromatic N) is 1. The van der Waals surface area contributed by atoms with Crippen molar-refractivity contribution in [3.05, 3.63) is 28.8 Å². The summed E-state index contributed by atoms with van der Waals surface area (Å²) in [6.07, 6.45) is 1.55. The van der Waals surface area contributed by atoms with E-state index in [1.54, 1.807) is 6.07 Å². The van der Waals surface area contributed by atoms with Gasteiger partial charge in [0, 0.05) is 17.3 Å². The number of anilines is 1. The minimum Gasteiger partial charge on any atom is -0.393 e. The van der Waals surface area contributed by atoms with Gasteiger partial charge in [-0.05, 0) is 50.4 Å². The molecule has 0 aliphatic heterocycles. The molecule has 0 radical (unpaired) electrons. The quantitative estimate of drug-likeness (QED) is 0.876. The number of carbonyl (C=O) groups excluding carboxylic acids is 1. The molecule has 1 amide bonds. The van der Waals surface area contributed by atoms with E-state index < -0.39 is 0 Å². The van der Waals surface area contributed by atoms with Crippen LogP contribution in [0.5, 0.6) is 0 Å². The zero-order chi connectivity index (χ0) is 14.7. The number of aliphatic hydroxyl groups is 1. The molecule has 2 rings (SSSR count). The van der Waals surface area contributed by atoms with Crippen molar-refractivity contribution in [3.63, 3.8) is 0 Å². The SMILES string of the molecule is Cc1ccc(NC(=O)CN(C)CC2CC(O)C2)cc1Cl.